The minimum atomic E-state index is -0.0843. The molecule has 1 aromatic rings. The number of aromatic nitrogens is 2. The summed E-state index contributed by atoms with van der Waals surface area (Å²) in [6.45, 7) is 4.04. The van der Waals surface area contributed by atoms with Gasteiger partial charge in [-0.3, -0.25) is 14.4 Å². The molecule has 2 heterocycles. The molecule has 1 aromatic heterocycles. The van der Waals surface area contributed by atoms with E-state index in [4.69, 9.17) is 4.74 Å². The highest BCUT2D eigenvalue weighted by molar-refractivity contribution is 5.75. The van der Waals surface area contributed by atoms with Gasteiger partial charge in [0.15, 0.2) is 0 Å². The van der Waals surface area contributed by atoms with Crippen molar-refractivity contribution in [3.8, 4) is 0 Å². The number of rotatable bonds is 4. The van der Waals surface area contributed by atoms with E-state index in [0.29, 0.717) is 6.61 Å². The van der Waals surface area contributed by atoms with E-state index in [0.717, 1.165) is 37.9 Å². The van der Waals surface area contributed by atoms with Crippen LogP contribution in [0.1, 0.15) is 31.7 Å². The van der Waals surface area contributed by atoms with Crippen LogP contribution in [-0.2, 0) is 23.1 Å². The van der Waals surface area contributed by atoms with Crippen molar-refractivity contribution in [1.29, 1.82) is 0 Å². The van der Waals surface area contributed by atoms with Crippen molar-refractivity contribution in [1.82, 2.24) is 14.7 Å². The second-order valence-corrected chi connectivity index (χ2v) is 4.76. The second-order valence-electron chi connectivity index (χ2n) is 4.76. The zero-order chi connectivity index (χ0) is 13.0. The highest BCUT2D eigenvalue weighted by Gasteiger charge is 2.29. The number of carbonyl (C=O) groups is 1. The highest BCUT2D eigenvalue weighted by atomic mass is 16.5. The highest BCUT2D eigenvalue weighted by Crippen LogP contribution is 2.20. The SMILES string of the molecule is CCOC(=O)C1CCCCN1Cc1cnn(C)c1. The summed E-state index contributed by atoms with van der Waals surface area (Å²) >= 11 is 0. The Hall–Kier alpha value is -1.36. The van der Waals surface area contributed by atoms with Gasteiger partial charge < -0.3 is 4.74 Å². The van der Waals surface area contributed by atoms with Gasteiger partial charge >= 0.3 is 5.97 Å². The Bertz CT molecular complexity index is 403. The van der Waals surface area contributed by atoms with Gasteiger partial charge in [0.25, 0.3) is 0 Å². The molecule has 5 heteroatoms. The van der Waals surface area contributed by atoms with E-state index in [2.05, 4.69) is 10.00 Å². The van der Waals surface area contributed by atoms with E-state index >= 15 is 0 Å². The summed E-state index contributed by atoms with van der Waals surface area (Å²) in [6.07, 6.45) is 7.01. The summed E-state index contributed by atoms with van der Waals surface area (Å²) in [5, 5.41) is 4.16. The molecule has 1 aliphatic heterocycles. The van der Waals surface area contributed by atoms with Gasteiger partial charge in [-0.25, -0.2) is 0 Å². The average Bonchev–Trinajstić information content (AvgIpc) is 2.76. The van der Waals surface area contributed by atoms with Gasteiger partial charge in [-0.15, -0.1) is 0 Å². The van der Waals surface area contributed by atoms with Crippen LogP contribution >= 0.6 is 0 Å². The molecular formula is C13H21N3O2. The standard InChI is InChI=1S/C13H21N3O2/c1-3-18-13(17)12-6-4-5-7-16(12)10-11-8-14-15(2)9-11/h8-9,12H,3-7,10H2,1-2H3. The lowest BCUT2D eigenvalue weighted by atomic mass is 10.0. The molecule has 0 bridgehead atoms. The van der Waals surface area contributed by atoms with Crippen molar-refractivity contribution in [2.45, 2.75) is 38.8 Å². The first-order valence-electron chi connectivity index (χ1n) is 6.59. The lowest BCUT2D eigenvalue weighted by Crippen LogP contribution is -2.44. The molecule has 0 amide bonds. The van der Waals surface area contributed by atoms with Crippen LogP contribution in [0.2, 0.25) is 0 Å². The monoisotopic (exact) mass is 251 g/mol. The van der Waals surface area contributed by atoms with Crippen LogP contribution in [0.25, 0.3) is 0 Å². The first kappa shape index (κ1) is 13.1. The number of hydrogen-bond donors (Lipinski definition) is 0. The molecule has 0 spiro atoms. The smallest absolute Gasteiger partial charge is 0.323 e. The minimum absolute atomic E-state index is 0.0823. The Labute approximate surface area is 108 Å². The fourth-order valence-electron chi connectivity index (χ4n) is 2.47. The third kappa shape index (κ3) is 3.10. The van der Waals surface area contributed by atoms with Crippen LogP contribution in [0.3, 0.4) is 0 Å². The van der Waals surface area contributed by atoms with Crippen LogP contribution in [0.4, 0.5) is 0 Å². The summed E-state index contributed by atoms with van der Waals surface area (Å²) in [7, 11) is 1.91. The maximum Gasteiger partial charge on any atom is 0.323 e. The Morgan fingerprint density at radius 1 is 1.56 bits per heavy atom. The molecule has 1 fully saturated rings. The number of esters is 1. The van der Waals surface area contributed by atoms with E-state index in [1.54, 1.807) is 4.68 Å². The first-order valence-corrected chi connectivity index (χ1v) is 6.59. The molecule has 0 saturated carbocycles. The Balaban J connectivity index is 2.01. The van der Waals surface area contributed by atoms with Crippen LogP contribution in [0, 0.1) is 0 Å². The predicted molar refractivity (Wildman–Crippen MR) is 67.9 cm³/mol. The average molecular weight is 251 g/mol. The third-order valence-corrected chi connectivity index (χ3v) is 3.32. The van der Waals surface area contributed by atoms with Gasteiger partial charge in [0, 0.05) is 25.4 Å². The molecule has 2 rings (SSSR count). The molecule has 1 atom stereocenters. The van der Waals surface area contributed by atoms with Crippen molar-refractivity contribution >= 4 is 5.97 Å². The van der Waals surface area contributed by atoms with E-state index < -0.39 is 0 Å². The van der Waals surface area contributed by atoms with Crippen LogP contribution in [0.5, 0.6) is 0 Å². The zero-order valence-electron chi connectivity index (χ0n) is 11.1. The zero-order valence-corrected chi connectivity index (χ0v) is 11.1. The topological polar surface area (TPSA) is 47.4 Å². The summed E-state index contributed by atoms with van der Waals surface area (Å²) in [6, 6.07) is -0.0843. The van der Waals surface area contributed by atoms with Crippen LogP contribution < -0.4 is 0 Å². The van der Waals surface area contributed by atoms with E-state index in [1.165, 1.54) is 0 Å². The molecule has 1 aliphatic rings. The molecule has 18 heavy (non-hydrogen) atoms. The van der Waals surface area contributed by atoms with Crippen molar-refractivity contribution in [2.75, 3.05) is 13.2 Å². The molecule has 0 N–H and O–H groups in total. The maximum atomic E-state index is 11.9. The molecule has 0 aliphatic carbocycles. The third-order valence-electron chi connectivity index (χ3n) is 3.32. The first-order chi connectivity index (χ1) is 8.70. The van der Waals surface area contributed by atoms with Gasteiger partial charge in [-0.05, 0) is 26.3 Å². The number of nitrogens with zero attached hydrogens (tertiary/aromatic N) is 3. The van der Waals surface area contributed by atoms with Gasteiger partial charge in [-0.2, -0.15) is 5.10 Å². The van der Waals surface area contributed by atoms with E-state index in [1.807, 2.05) is 26.4 Å². The number of aryl methyl sites for hydroxylation is 1. The maximum absolute atomic E-state index is 11.9. The number of carbonyl (C=O) groups excluding carboxylic acids is 1. The van der Waals surface area contributed by atoms with Gasteiger partial charge in [0.05, 0.1) is 12.8 Å². The molecule has 1 unspecified atom stereocenters. The fraction of sp³-hybridized carbons (Fsp3) is 0.692. The van der Waals surface area contributed by atoms with Gasteiger partial charge in [0.1, 0.15) is 6.04 Å². The molecule has 1 saturated heterocycles. The van der Waals surface area contributed by atoms with Crippen LogP contribution in [-0.4, -0.2) is 39.8 Å². The summed E-state index contributed by atoms with van der Waals surface area (Å²) in [5.74, 6) is -0.0823. The normalized spacial score (nSPS) is 20.9. The Morgan fingerprint density at radius 3 is 3.06 bits per heavy atom. The van der Waals surface area contributed by atoms with Gasteiger partial charge in [0.2, 0.25) is 0 Å². The van der Waals surface area contributed by atoms with Gasteiger partial charge in [-0.1, -0.05) is 6.42 Å². The molecular weight excluding hydrogens is 230 g/mol. The van der Waals surface area contributed by atoms with Crippen molar-refractivity contribution < 1.29 is 9.53 Å². The van der Waals surface area contributed by atoms with E-state index in [9.17, 15) is 4.79 Å². The number of likely N-dealkylation sites (tertiary alicyclic amines) is 1. The largest absolute Gasteiger partial charge is 0.465 e. The van der Waals surface area contributed by atoms with Crippen molar-refractivity contribution in [3.63, 3.8) is 0 Å². The second kappa shape index (κ2) is 6.00. The Kier molecular flexibility index (Phi) is 4.36. The Morgan fingerprint density at radius 2 is 2.39 bits per heavy atom. The van der Waals surface area contributed by atoms with Crippen molar-refractivity contribution in [2.24, 2.45) is 7.05 Å². The number of ether oxygens (including phenoxy) is 1. The molecule has 5 nitrogen and oxygen atoms in total. The number of piperidine rings is 1. The molecule has 100 valence electrons. The predicted octanol–water partition coefficient (Wildman–Crippen LogP) is 1.34. The summed E-state index contributed by atoms with van der Waals surface area (Å²) < 4.78 is 6.94. The molecule has 0 radical (unpaired) electrons. The minimum Gasteiger partial charge on any atom is -0.465 e. The van der Waals surface area contributed by atoms with Crippen molar-refractivity contribution in [3.05, 3.63) is 18.0 Å². The summed E-state index contributed by atoms with van der Waals surface area (Å²) in [5.41, 5.74) is 1.15. The fourth-order valence-corrected chi connectivity index (χ4v) is 2.47. The lowest BCUT2D eigenvalue weighted by Gasteiger charge is -2.33. The summed E-state index contributed by atoms with van der Waals surface area (Å²) in [4.78, 5) is 14.1. The quantitative estimate of drug-likeness (QED) is 0.758. The van der Waals surface area contributed by atoms with Crippen LogP contribution in [0.15, 0.2) is 12.4 Å². The lowest BCUT2D eigenvalue weighted by molar-refractivity contribution is -0.151. The number of hydrogen-bond acceptors (Lipinski definition) is 4. The molecule has 0 aromatic carbocycles. The van der Waals surface area contributed by atoms with E-state index in [-0.39, 0.29) is 12.0 Å².